The van der Waals surface area contributed by atoms with Crippen LogP contribution in [0.3, 0.4) is 0 Å². The molecule has 0 radical (unpaired) electrons. The van der Waals surface area contributed by atoms with Crippen LogP contribution in [-0.2, 0) is 34.3 Å². The molecule has 8 heteroatoms. The van der Waals surface area contributed by atoms with Crippen LogP contribution in [0.2, 0.25) is 10.0 Å². The minimum absolute atomic E-state index is 0.00642. The molecule has 1 spiro atoms. The lowest BCUT2D eigenvalue weighted by Gasteiger charge is -2.44. The largest absolute Gasteiger partial charge is 0.487 e. The van der Waals surface area contributed by atoms with Gasteiger partial charge in [0.15, 0.2) is 9.84 Å². The van der Waals surface area contributed by atoms with Crippen LogP contribution in [0.5, 0.6) is 5.75 Å². The van der Waals surface area contributed by atoms with Gasteiger partial charge in [0.05, 0.1) is 27.2 Å². The van der Waals surface area contributed by atoms with Gasteiger partial charge in [-0.2, -0.15) is 0 Å². The molecule has 212 valence electrons. The van der Waals surface area contributed by atoms with Crippen molar-refractivity contribution in [2.45, 2.75) is 49.3 Å². The second kappa shape index (κ2) is 11.8. The van der Waals surface area contributed by atoms with Crippen molar-refractivity contribution in [1.29, 1.82) is 0 Å². The van der Waals surface area contributed by atoms with E-state index in [-0.39, 0.29) is 17.1 Å². The van der Waals surface area contributed by atoms with E-state index in [9.17, 15) is 8.42 Å². The topological polar surface area (TPSA) is 59.5 Å². The second-order valence-corrected chi connectivity index (χ2v) is 14.0. The van der Waals surface area contributed by atoms with Crippen LogP contribution in [0, 0.1) is 0 Å². The maximum atomic E-state index is 12.7. The summed E-state index contributed by atoms with van der Waals surface area (Å²) in [6.07, 6.45) is 5.57. The molecule has 2 aliphatic heterocycles. The van der Waals surface area contributed by atoms with E-state index in [0.717, 1.165) is 73.3 Å². The Hall–Kier alpha value is -2.90. The first-order valence-corrected chi connectivity index (χ1v) is 16.5. The predicted molar refractivity (Wildman–Crippen MR) is 165 cm³/mol. The molecule has 5 nitrogen and oxygen atoms in total. The summed E-state index contributed by atoms with van der Waals surface area (Å²) < 4.78 is 32.0. The minimum atomic E-state index is -3.31. The Morgan fingerprint density at radius 2 is 1.63 bits per heavy atom. The van der Waals surface area contributed by atoms with Gasteiger partial charge in [0.25, 0.3) is 0 Å². The van der Waals surface area contributed by atoms with Crippen molar-refractivity contribution in [1.82, 2.24) is 9.88 Å². The van der Waals surface area contributed by atoms with E-state index < -0.39 is 9.84 Å². The number of benzene rings is 3. The van der Waals surface area contributed by atoms with Crippen LogP contribution < -0.4 is 4.74 Å². The highest BCUT2D eigenvalue weighted by atomic mass is 35.5. The monoisotopic (exact) mass is 606 g/mol. The van der Waals surface area contributed by atoms with Gasteiger partial charge in [0.2, 0.25) is 0 Å². The van der Waals surface area contributed by atoms with Crippen molar-refractivity contribution in [3.05, 3.63) is 117 Å². The molecule has 0 bridgehead atoms. The lowest BCUT2D eigenvalue weighted by Crippen LogP contribution is -2.49. The molecule has 0 amide bonds. The highest BCUT2D eigenvalue weighted by Crippen LogP contribution is 2.41. The van der Waals surface area contributed by atoms with Gasteiger partial charge in [-0.05, 0) is 83.8 Å². The number of rotatable bonds is 7. The van der Waals surface area contributed by atoms with Crippen molar-refractivity contribution in [3.63, 3.8) is 0 Å². The average Bonchev–Trinajstić information content (AvgIpc) is 2.97. The van der Waals surface area contributed by atoms with E-state index in [1.54, 1.807) is 24.4 Å². The molecular formula is C33H32Cl2N2O3S. The molecule has 41 heavy (non-hydrogen) atoms. The van der Waals surface area contributed by atoms with Crippen LogP contribution in [0.4, 0.5) is 0 Å². The normalized spacial score (nSPS) is 16.7. The zero-order valence-electron chi connectivity index (χ0n) is 22.7. The molecule has 3 aromatic carbocycles. The number of aromatic nitrogens is 1. The fraction of sp³-hybridized carbons (Fsp3) is 0.303. The van der Waals surface area contributed by atoms with Gasteiger partial charge in [-0.3, -0.25) is 9.88 Å². The van der Waals surface area contributed by atoms with Crippen LogP contribution in [0.15, 0.2) is 85.1 Å². The second-order valence-electron chi connectivity index (χ2n) is 11.1. The van der Waals surface area contributed by atoms with Crippen LogP contribution in [0.25, 0.3) is 11.1 Å². The first kappa shape index (κ1) is 28.2. The van der Waals surface area contributed by atoms with E-state index in [4.69, 9.17) is 27.9 Å². The highest BCUT2D eigenvalue weighted by Gasteiger charge is 2.39. The Labute approximate surface area is 252 Å². The van der Waals surface area contributed by atoms with Crippen molar-refractivity contribution < 1.29 is 13.2 Å². The van der Waals surface area contributed by atoms with Crippen molar-refractivity contribution >= 4 is 33.0 Å². The summed E-state index contributed by atoms with van der Waals surface area (Å²) in [5.74, 6) is 0.910. The Morgan fingerprint density at radius 3 is 2.39 bits per heavy atom. The number of sulfone groups is 1. The summed E-state index contributed by atoms with van der Waals surface area (Å²) in [5, 5.41) is 1.25. The molecule has 1 fully saturated rings. The average molecular weight is 608 g/mol. The third kappa shape index (κ3) is 6.62. The smallest absolute Gasteiger partial charge is 0.160 e. The van der Waals surface area contributed by atoms with Gasteiger partial charge < -0.3 is 4.74 Å². The zero-order valence-corrected chi connectivity index (χ0v) is 25.1. The van der Waals surface area contributed by atoms with E-state index in [2.05, 4.69) is 28.1 Å². The zero-order chi connectivity index (χ0) is 28.5. The number of likely N-dealkylation sites (tertiary alicyclic amines) is 1. The molecule has 0 unspecified atom stereocenters. The molecule has 0 atom stereocenters. The van der Waals surface area contributed by atoms with E-state index in [1.807, 2.05) is 42.5 Å². The number of hydrogen-bond acceptors (Lipinski definition) is 5. The van der Waals surface area contributed by atoms with Crippen LogP contribution in [-0.4, -0.2) is 37.0 Å². The third-order valence-electron chi connectivity index (χ3n) is 8.20. The molecular weight excluding hydrogens is 575 g/mol. The third-order valence-corrected chi connectivity index (χ3v) is 10.6. The standard InChI is InChI=1S/C33H32Cl2N2O3S/c34-30-6-3-4-28(32(30)35)21-37-18-15-33(16-19-37)14-13-27-20-26(11-12-31(27)40-33)25-9-7-24(8-10-25)22-41(38,39)23-29-5-1-2-17-36-29/h1-12,17,20H,13-16,18-19,21-23H2. The number of halogens is 2. The van der Waals surface area contributed by atoms with Crippen molar-refractivity contribution in [3.8, 4) is 16.9 Å². The molecule has 1 aromatic heterocycles. The van der Waals surface area contributed by atoms with Gasteiger partial charge in [0, 0.05) is 25.8 Å². The lowest BCUT2D eigenvalue weighted by molar-refractivity contribution is -0.0163. The van der Waals surface area contributed by atoms with E-state index >= 15 is 0 Å². The number of pyridine rings is 1. The summed E-state index contributed by atoms with van der Waals surface area (Å²) in [7, 11) is -3.31. The Balaban J connectivity index is 1.07. The molecule has 6 rings (SSSR count). The van der Waals surface area contributed by atoms with Gasteiger partial charge in [-0.1, -0.05) is 71.7 Å². The molecule has 4 aromatic rings. The summed E-state index contributed by atoms with van der Waals surface area (Å²) in [5.41, 5.74) is 5.68. The number of fused-ring (bicyclic) bond motifs is 1. The summed E-state index contributed by atoms with van der Waals surface area (Å²) in [6.45, 7) is 2.71. The summed E-state index contributed by atoms with van der Waals surface area (Å²) >= 11 is 12.6. The fourth-order valence-corrected chi connectivity index (χ4v) is 7.69. The molecule has 0 aliphatic carbocycles. The van der Waals surface area contributed by atoms with Crippen molar-refractivity contribution in [2.75, 3.05) is 13.1 Å². The van der Waals surface area contributed by atoms with Crippen molar-refractivity contribution in [2.24, 2.45) is 0 Å². The number of aryl methyl sites for hydroxylation is 1. The summed E-state index contributed by atoms with van der Waals surface area (Å²) in [4.78, 5) is 6.58. The van der Waals surface area contributed by atoms with Crippen LogP contribution in [0.1, 0.15) is 41.6 Å². The number of nitrogens with zero attached hydrogens (tertiary/aromatic N) is 2. The SMILES string of the molecule is O=S(=O)(Cc1ccc(-c2ccc3c(c2)CCC2(CCN(Cc4cccc(Cl)c4Cl)CC2)O3)cc1)Cc1ccccn1. The number of ether oxygens (including phenoxy) is 1. The molecule has 0 N–H and O–H groups in total. The highest BCUT2D eigenvalue weighted by molar-refractivity contribution is 7.89. The maximum absolute atomic E-state index is 12.7. The number of piperidine rings is 1. The van der Waals surface area contributed by atoms with Gasteiger partial charge >= 0.3 is 0 Å². The molecule has 2 aliphatic rings. The van der Waals surface area contributed by atoms with Crippen LogP contribution >= 0.6 is 23.2 Å². The quantitative estimate of drug-likeness (QED) is 0.217. The molecule has 3 heterocycles. The lowest BCUT2D eigenvalue weighted by atomic mass is 9.82. The number of hydrogen-bond donors (Lipinski definition) is 0. The fourth-order valence-electron chi connectivity index (χ4n) is 5.89. The summed E-state index contributed by atoms with van der Waals surface area (Å²) in [6, 6.07) is 25.4. The first-order chi connectivity index (χ1) is 19.8. The Bertz CT molecular complexity index is 1640. The van der Waals surface area contributed by atoms with Gasteiger partial charge in [-0.25, -0.2) is 8.42 Å². The van der Waals surface area contributed by atoms with Gasteiger partial charge in [-0.15, -0.1) is 0 Å². The molecule has 0 saturated carbocycles. The predicted octanol–water partition coefficient (Wildman–Crippen LogP) is 7.53. The Kier molecular flexibility index (Phi) is 8.10. The van der Waals surface area contributed by atoms with E-state index in [1.165, 1.54) is 5.56 Å². The maximum Gasteiger partial charge on any atom is 0.160 e. The van der Waals surface area contributed by atoms with Gasteiger partial charge in [0.1, 0.15) is 11.4 Å². The molecule has 1 saturated heterocycles. The minimum Gasteiger partial charge on any atom is -0.487 e. The van der Waals surface area contributed by atoms with E-state index in [0.29, 0.717) is 15.7 Å². The first-order valence-electron chi connectivity index (χ1n) is 13.9. The Morgan fingerprint density at radius 1 is 0.854 bits per heavy atom.